The summed E-state index contributed by atoms with van der Waals surface area (Å²) in [7, 11) is 0. The number of likely N-dealkylation sites (N-methyl/N-ethyl adjacent to an activating group) is 1. The fourth-order valence-corrected chi connectivity index (χ4v) is 1.68. The average Bonchev–Trinajstić information content (AvgIpc) is 2.37. The van der Waals surface area contributed by atoms with Gasteiger partial charge >= 0.3 is 0 Å². The lowest BCUT2D eigenvalue weighted by molar-refractivity contribution is 0.0568. The molecule has 0 heterocycles. The Bertz CT molecular complexity index is 301. The van der Waals surface area contributed by atoms with Gasteiger partial charge in [-0.25, -0.2) is 0 Å². The number of ether oxygens (including phenoxy) is 2. The fourth-order valence-electron chi connectivity index (χ4n) is 1.68. The van der Waals surface area contributed by atoms with Gasteiger partial charge in [-0.05, 0) is 38.9 Å². The van der Waals surface area contributed by atoms with Gasteiger partial charge in [-0.15, -0.1) is 0 Å². The number of hydrogen-bond donors (Lipinski definition) is 1. The minimum Gasteiger partial charge on any atom is -0.494 e. The summed E-state index contributed by atoms with van der Waals surface area (Å²) in [5.74, 6) is 0.928. The highest BCUT2D eigenvalue weighted by atomic mass is 16.5. The van der Waals surface area contributed by atoms with E-state index in [-0.39, 0.29) is 6.10 Å². The molecule has 102 valence electrons. The molecule has 18 heavy (non-hydrogen) atoms. The SMILES string of the molecule is CCNC(CCOc1ccccc1)COC(C)C. The number of hydrogen-bond acceptors (Lipinski definition) is 3. The molecule has 3 heteroatoms. The van der Waals surface area contributed by atoms with Gasteiger partial charge in [0.25, 0.3) is 0 Å². The van der Waals surface area contributed by atoms with E-state index in [1.165, 1.54) is 0 Å². The summed E-state index contributed by atoms with van der Waals surface area (Å²) in [5, 5.41) is 3.42. The maximum atomic E-state index is 5.69. The van der Waals surface area contributed by atoms with Crippen molar-refractivity contribution in [1.82, 2.24) is 5.32 Å². The van der Waals surface area contributed by atoms with Gasteiger partial charge in [0.1, 0.15) is 5.75 Å². The topological polar surface area (TPSA) is 30.5 Å². The van der Waals surface area contributed by atoms with Gasteiger partial charge in [0.15, 0.2) is 0 Å². The normalized spacial score (nSPS) is 12.7. The van der Waals surface area contributed by atoms with Crippen LogP contribution in [0.4, 0.5) is 0 Å². The van der Waals surface area contributed by atoms with E-state index in [2.05, 4.69) is 26.1 Å². The molecular weight excluding hydrogens is 226 g/mol. The van der Waals surface area contributed by atoms with Crippen LogP contribution in [0.15, 0.2) is 30.3 Å². The van der Waals surface area contributed by atoms with Crippen LogP contribution in [0, 0.1) is 0 Å². The Balaban J connectivity index is 2.24. The molecule has 1 rings (SSSR count). The Hall–Kier alpha value is -1.06. The fraction of sp³-hybridized carbons (Fsp3) is 0.600. The maximum absolute atomic E-state index is 5.69. The largest absolute Gasteiger partial charge is 0.494 e. The molecule has 1 unspecified atom stereocenters. The quantitative estimate of drug-likeness (QED) is 0.732. The van der Waals surface area contributed by atoms with E-state index in [1.54, 1.807) is 0 Å². The number of nitrogens with one attached hydrogen (secondary N) is 1. The zero-order chi connectivity index (χ0) is 13.2. The molecule has 1 aromatic rings. The molecule has 0 saturated carbocycles. The van der Waals surface area contributed by atoms with Gasteiger partial charge in [0, 0.05) is 6.04 Å². The van der Waals surface area contributed by atoms with Crippen molar-refractivity contribution in [3.63, 3.8) is 0 Å². The lowest BCUT2D eigenvalue weighted by Crippen LogP contribution is -2.35. The van der Waals surface area contributed by atoms with Gasteiger partial charge in [-0.2, -0.15) is 0 Å². The van der Waals surface area contributed by atoms with Gasteiger partial charge in [-0.1, -0.05) is 25.1 Å². The molecule has 1 atom stereocenters. The zero-order valence-electron chi connectivity index (χ0n) is 11.7. The summed E-state index contributed by atoms with van der Waals surface area (Å²) in [6, 6.07) is 10.3. The van der Waals surface area contributed by atoms with Crippen molar-refractivity contribution >= 4 is 0 Å². The Morgan fingerprint density at radius 3 is 2.50 bits per heavy atom. The predicted octanol–water partition coefficient (Wildman–Crippen LogP) is 2.86. The third kappa shape index (κ3) is 6.62. The maximum Gasteiger partial charge on any atom is 0.119 e. The summed E-state index contributed by atoms with van der Waals surface area (Å²) in [5.41, 5.74) is 0. The molecule has 0 fully saturated rings. The first-order valence-corrected chi connectivity index (χ1v) is 6.75. The summed E-state index contributed by atoms with van der Waals surface area (Å²) in [4.78, 5) is 0. The third-order valence-corrected chi connectivity index (χ3v) is 2.60. The smallest absolute Gasteiger partial charge is 0.119 e. The molecule has 1 N–H and O–H groups in total. The third-order valence-electron chi connectivity index (χ3n) is 2.60. The van der Waals surface area contributed by atoms with Crippen LogP contribution in [0.3, 0.4) is 0 Å². The van der Waals surface area contributed by atoms with E-state index in [0.717, 1.165) is 25.3 Å². The lowest BCUT2D eigenvalue weighted by atomic mass is 10.2. The lowest BCUT2D eigenvalue weighted by Gasteiger charge is -2.19. The van der Waals surface area contributed by atoms with Crippen LogP contribution in [-0.2, 0) is 4.74 Å². The average molecular weight is 251 g/mol. The van der Waals surface area contributed by atoms with Gasteiger partial charge < -0.3 is 14.8 Å². The van der Waals surface area contributed by atoms with Gasteiger partial charge in [0.2, 0.25) is 0 Å². The first kappa shape index (κ1) is 15.0. The number of rotatable bonds is 9. The second-order valence-electron chi connectivity index (χ2n) is 4.59. The Morgan fingerprint density at radius 2 is 1.89 bits per heavy atom. The van der Waals surface area contributed by atoms with Crippen molar-refractivity contribution in [3.8, 4) is 5.75 Å². The Kier molecular flexibility index (Phi) is 7.46. The second kappa shape index (κ2) is 8.95. The van der Waals surface area contributed by atoms with Crippen LogP contribution in [-0.4, -0.2) is 31.9 Å². The molecule has 0 aromatic heterocycles. The van der Waals surface area contributed by atoms with E-state index < -0.39 is 0 Å². The van der Waals surface area contributed by atoms with Crippen molar-refractivity contribution in [1.29, 1.82) is 0 Å². The molecular formula is C15H25NO2. The molecule has 0 bridgehead atoms. The monoisotopic (exact) mass is 251 g/mol. The molecule has 0 saturated heterocycles. The van der Waals surface area contributed by atoms with Crippen molar-refractivity contribution < 1.29 is 9.47 Å². The van der Waals surface area contributed by atoms with E-state index in [0.29, 0.717) is 12.6 Å². The van der Waals surface area contributed by atoms with E-state index >= 15 is 0 Å². The predicted molar refractivity (Wildman–Crippen MR) is 75.1 cm³/mol. The highest BCUT2D eigenvalue weighted by molar-refractivity contribution is 5.20. The minimum atomic E-state index is 0.279. The molecule has 0 radical (unpaired) electrons. The second-order valence-corrected chi connectivity index (χ2v) is 4.59. The van der Waals surface area contributed by atoms with Crippen LogP contribution < -0.4 is 10.1 Å². The number of benzene rings is 1. The van der Waals surface area contributed by atoms with Crippen molar-refractivity contribution in [2.45, 2.75) is 39.3 Å². The Morgan fingerprint density at radius 1 is 1.17 bits per heavy atom. The van der Waals surface area contributed by atoms with E-state index in [1.807, 2.05) is 30.3 Å². The van der Waals surface area contributed by atoms with Crippen molar-refractivity contribution in [2.75, 3.05) is 19.8 Å². The molecule has 0 spiro atoms. The first-order valence-electron chi connectivity index (χ1n) is 6.75. The summed E-state index contributed by atoms with van der Waals surface area (Å²) >= 11 is 0. The molecule has 3 nitrogen and oxygen atoms in total. The van der Waals surface area contributed by atoms with Crippen LogP contribution in [0.25, 0.3) is 0 Å². The van der Waals surface area contributed by atoms with Crippen molar-refractivity contribution in [3.05, 3.63) is 30.3 Å². The summed E-state index contributed by atoms with van der Waals surface area (Å²) in [6.07, 6.45) is 1.23. The molecule has 0 aliphatic heterocycles. The summed E-state index contributed by atoms with van der Waals surface area (Å²) < 4.78 is 11.3. The summed E-state index contributed by atoms with van der Waals surface area (Å²) in [6.45, 7) is 8.64. The minimum absolute atomic E-state index is 0.279. The molecule has 0 amide bonds. The zero-order valence-corrected chi connectivity index (χ0v) is 11.7. The van der Waals surface area contributed by atoms with Gasteiger partial charge in [-0.3, -0.25) is 0 Å². The van der Waals surface area contributed by atoms with Crippen LogP contribution in [0.1, 0.15) is 27.2 Å². The standard InChI is InChI=1S/C15H25NO2/c1-4-16-14(12-18-13(2)3)10-11-17-15-8-6-5-7-9-15/h5-9,13-14,16H,4,10-12H2,1-3H3. The van der Waals surface area contributed by atoms with Gasteiger partial charge in [0.05, 0.1) is 19.3 Å². The van der Waals surface area contributed by atoms with Crippen LogP contribution in [0.2, 0.25) is 0 Å². The van der Waals surface area contributed by atoms with E-state index in [9.17, 15) is 0 Å². The van der Waals surface area contributed by atoms with Crippen LogP contribution >= 0.6 is 0 Å². The highest BCUT2D eigenvalue weighted by Gasteiger charge is 2.08. The van der Waals surface area contributed by atoms with Crippen molar-refractivity contribution in [2.24, 2.45) is 0 Å². The first-order chi connectivity index (χ1) is 8.72. The molecule has 0 aliphatic rings. The molecule has 1 aromatic carbocycles. The number of para-hydroxylation sites is 1. The Labute approximate surface area is 110 Å². The molecule has 0 aliphatic carbocycles. The highest BCUT2D eigenvalue weighted by Crippen LogP contribution is 2.09. The van der Waals surface area contributed by atoms with Crippen LogP contribution in [0.5, 0.6) is 5.75 Å². The van der Waals surface area contributed by atoms with E-state index in [4.69, 9.17) is 9.47 Å².